The molecule has 0 N–H and O–H groups in total. The van der Waals surface area contributed by atoms with Gasteiger partial charge < -0.3 is 0 Å². The highest BCUT2D eigenvalue weighted by Crippen LogP contribution is 2.20. The van der Waals surface area contributed by atoms with Crippen molar-refractivity contribution in [3.05, 3.63) is 34.3 Å². The lowest BCUT2D eigenvalue weighted by Crippen LogP contribution is -1.97. The van der Waals surface area contributed by atoms with E-state index < -0.39 is 0 Å². The molecule has 0 unspecified atom stereocenters. The lowest BCUT2D eigenvalue weighted by Gasteiger charge is -2.07. The Morgan fingerprint density at radius 3 is 2.50 bits per heavy atom. The Kier molecular flexibility index (Phi) is 3.70. The fourth-order valence-corrected chi connectivity index (χ4v) is 1.78. The molecule has 0 radical (unpaired) electrons. The molecule has 0 bridgehead atoms. The molecule has 0 saturated heterocycles. The van der Waals surface area contributed by atoms with Gasteiger partial charge in [-0.3, -0.25) is 4.79 Å². The van der Waals surface area contributed by atoms with Crippen molar-refractivity contribution in [2.24, 2.45) is 5.92 Å². The predicted molar refractivity (Wildman–Crippen MR) is 60.0 cm³/mol. The SMILES string of the molecule is CC(=O)c1ccc(CC(C)C)cc1Cl. The van der Waals surface area contributed by atoms with Crippen LogP contribution in [0.15, 0.2) is 18.2 Å². The van der Waals surface area contributed by atoms with E-state index in [4.69, 9.17) is 11.6 Å². The molecule has 0 saturated carbocycles. The van der Waals surface area contributed by atoms with Crippen LogP contribution in [0.25, 0.3) is 0 Å². The maximum absolute atomic E-state index is 11.1. The lowest BCUT2D eigenvalue weighted by molar-refractivity contribution is 0.101. The molecule has 0 aromatic heterocycles. The summed E-state index contributed by atoms with van der Waals surface area (Å²) in [6, 6.07) is 5.67. The molecule has 1 aromatic rings. The molecular weight excluding hydrogens is 196 g/mol. The zero-order chi connectivity index (χ0) is 10.7. The highest BCUT2D eigenvalue weighted by Gasteiger charge is 2.06. The molecule has 0 heterocycles. The summed E-state index contributed by atoms with van der Waals surface area (Å²) in [5.41, 5.74) is 1.80. The molecule has 2 heteroatoms. The highest BCUT2D eigenvalue weighted by atomic mass is 35.5. The van der Waals surface area contributed by atoms with Crippen molar-refractivity contribution in [2.45, 2.75) is 27.2 Å². The third-order valence-corrected chi connectivity index (χ3v) is 2.37. The van der Waals surface area contributed by atoms with Crippen LogP contribution in [-0.2, 0) is 6.42 Å². The molecule has 1 rings (SSSR count). The van der Waals surface area contributed by atoms with Gasteiger partial charge in [0.1, 0.15) is 0 Å². The third-order valence-electron chi connectivity index (χ3n) is 2.06. The first-order chi connectivity index (χ1) is 6.50. The van der Waals surface area contributed by atoms with Gasteiger partial charge in [0.05, 0.1) is 5.02 Å². The topological polar surface area (TPSA) is 17.1 Å². The fourth-order valence-electron chi connectivity index (χ4n) is 1.44. The Morgan fingerprint density at radius 2 is 2.07 bits per heavy atom. The third kappa shape index (κ3) is 2.85. The molecule has 0 aliphatic rings. The Hall–Kier alpha value is -0.820. The van der Waals surface area contributed by atoms with Crippen molar-refractivity contribution in [2.75, 3.05) is 0 Å². The van der Waals surface area contributed by atoms with Crippen LogP contribution in [0.5, 0.6) is 0 Å². The Morgan fingerprint density at radius 1 is 1.43 bits per heavy atom. The monoisotopic (exact) mass is 210 g/mol. The number of Topliss-reactive ketones (excluding diaryl/α,β-unsaturated/α-hetero) is 1. The van der Waals surface area contributed by atoms with Gasteiger partial charge in [0.15, 0.2) is 5.78 Å². The number of benzene rings is 1. The van der Waals surface area contributed by atoms with E-state index in [1.165, 1.54) is 12.5 Å². The first-order valence-corrected chi connectivity index (χ1v) is 5.18. The number of hydrogen-bond donors (Lipinski definition) is 0. The Labute approximate surface area is 90.1 Å². The molecule has 0 atom stereocenters. The van der Waals surface area contributed by atoms with Crippen LogP contribution in [0, 0.1) is 5.92 Å². The van der Waals surface area contributed by atoms with Gasteiger partial charge in [-0.25, -0.2) is 0 Å². The molecule has 0 aliphatic heterocycles. The number of carbonyl (C=O) groups excluding carboxylic acids is 1. The van der Waals surface area contributed by atoms with E-state index in [9.17, 15) is 4.79 Å². The van der Waals surface area contributed by atoms with Crippen LogP contribution in [-0.4, -0.2) is 5.78 Å². The van der Waals surface area contributed by atoms with Gasteiger partial charge in [-0.05, 0) is 37.0 Å². The number of hydrogen-bond acceptors (Lipinski definition) is 1. The van der Waals surface area contributed by atoms with E-state index in [0.29, 0.717) is 16.5 Å². The Bertz CT molecular complexity index is 342. The van der Waals surface area contributed by atoms with Crippen molar-refractivity contribution in [3.63, 3.8) is 0 Å². The zero-order valence-corrected chi connectivity index (χ0v) is 9.56. The van der Waals surface area contributed by atoms with Crippen LogP contribution in [0.2, 0.25) is 5.02 Å². The fraction of sp³-hybridized carbons (Fsp3) is 0.417. The second-order valence-electron chi connectivity index (χ2n) is 3.97. The van der Waals surface area contributed by atoms with Crippen molar-refractivity contribution < 1.29 is 4.79 Å². The molecule has 1 aromatic carbocycles. The summed E-state index contributed by atoms with van der Waals surface area (Å²) in [5.74, 6) is 0.625. The van der Waals surface area contributed by atoms with Crippen LogP contribution < -0.4 is 0 Å². The van der Waals surface area contributed by atoms with Crippen molar-refractivity contribution in [1.82, 2.24) is 0 Å². The second kappa shape index (κ2) is 4.61. The van der Waals surface area contributed by atoms with Gasteiger partial charge in [-0.15, -0.1) is 0 Å². The van der Waals surface area contributed by atoms with E-state index >= 15 is 0 Å². The van der Waals surface area contributed by atoms with Crippen molar-refractivity contribution in [3.8, 4) is 0 Å². The van der Waals surface area contributed by atoms with Crippen molar-refractivity contribution >= 4 is 17.4 Å². The minimum absolute atomic E-state index is 0.0195. The number of rotatable bonds is 3. The van der Waals surface area contributed by atoms with E-state index in [2.05, 4.69) is 13.8 Å². The Balaban J connectivity index is 2.94. The summed E-state index contributed by atoms with van der Waals surface area (Å²) in [4.78, 5) is 11.1. The van der Waals surface area contributed by atoms with Crippen LogP contribution in [0.1, 0.15) is 36.7 Å². The molecule has 1 nitrogen and oxygen atoms in total. The van der Waals surface area contributed by atoms with Crippen LogP contribution in [0.4, 0.5) is 0 Å². The molecule has 0 amide bonds. The zero-order valence-electron chi connectivity index (χ0n) is 8.80. The van der Waals surface area contributed by atoms with E-state index in [-0.39, 0.29) is 5.78 Å². The maximum atomic E-state index is 11.1. The number of carbonyl (C=O) groups is 1. The predicted octanol–water partition coefficient (Wildman–Crippen LogP) is 3.74. The maximum Gasteiger partial charge on any atom is 0.161 e. The van der Waals surface area contributed by atoms with E-state index in [1.807, 2.05) is 18.2 Å². The minimum atomic E-state index is 0.0195. The summed E-state index contributed by atoms with van der Waals surface area (Å²) >= 11 is 5.99. The average molecular weight is 211 g/mol. The first-order valence-electron chi connectivity index (χ1n) is 4.80. The van der Waals surface area contributed by atoms with Gasteiger partial charge in [0, 0.05) is 5.56 Å². The van der Waals surface area contributed by atoms with Gasteiger partial charge >= 0.3 is 0 Å². The van der Waals surface area contributed by atoms with Gasteiger partial charge in [0.25, 0.3) is 0 Å². The van der Waals surface area contributed by atoms with Crippen LogP contribution >= 0.6 is 11.6 Å². The van der Waals surface area contributed by atoms with Gasteiger partial charge in [-0.1, -0.05) is 31.5 Å². The molecule has 76 valence electrons. The molecular formula is C12H15ClO. The second-order valence-corrected chi connectivity index (χ2v) is 4.38. The number of halogens is 1. The summed E-state index contributed by atoms with van der Waals surface area (Å²) in [7, 11) is 0. The van der Waals surface area contributed by atoms with E-state index in [0.717, 1.165) is 6.42 Å². The molecule has 14 heavy (non-hydrogen) atoms. The highest BCUT2D eigenvalue weighted by molar-refractivity contribution is 6.33. The summed E-state index contributed by atoms with van der Waals surface area (Å²) in [6.07, 6.45) is 0.998. The smallest absolute Gasteiger partial charge is 0.161 e. The first kappa shape index (κ1) is 11.3. The molecule has 0 spiro atoms. The normalized spacial score (nSPS) is 10.6. The molecule has 0 fully saturated rings. The standard InChI is InChI=1S/C12H15ClO/c1-8(2)6-10-4-5-11(9(3)14)12(13)7-10/h4-5,7-8H,6H2,1-3H3. The van der Waals surface area contributed by atoms with Crippen LogP contribution in [0.3, 0.4) is 0 Å². The van der Waals surface area contributed by atoms with Crippen molar-refractivity contribution in [1.29, 1.82) is 0 Å². The average Bonchev–Trinajstić information content (AvgIpc) is 2.01. The largest absolute Gasteiger partial charge is 0.294 e. The lowest BCUT2D eigenvalue weighted by atomic mass is 10.0. The van der Waals surface area contributed by atoms with Gasteiger partial charge in [0.2, 0.25) is 0 Å². The quantitative estimate of drug-likeness (QED) is 0.695. The summed E-state index contributed by atoms with van der Waals surface area (Å²) < 4.78 is 0. The summed E-state index contributed by atoms with van der Waals surface area (Å²) in [5, 5.41) is 0.565. The van der Waals surface area contributed by atoms with Gasteiger partial charge in [-0.2, -0.15) is 0 Å². The van der Waals surface area contributed by atoms with E-state index in [1.54, 1.807) is 0 Å². The molecule has 0 aliphatic carbocycles. The summed E-state index contributed by atoms with van der Waals surface area (Å²) in [6.45, 7) is 5.85. The number of ketones is 1. The minimum Gasteiger partial charge on any atom is -0.294 e.